The Kier molecular flexibility index (Phi) is 9.93. The number of aromatic carboxylic acids is 1. The molecule has 136 valence electrons. The SMILES string of the molecule is CC(C)=CCC/C(C)=C/CC/C(C)=C/CSc1cccnc1C(=O)O. The van der Waals surface area contributed by atoms with Crippen molar-refractivity contribution in [2.45, 2.75) is 58.3 Å². The van der Waals surface area contributed by atoms with Crippen molar-refractivity contribution >= 4 is 17.7 Å². The van der Waals surface area contributed by atoms with E-state index in [1.165, 1.54) is 34.7 Å². The Hall–Kier alpha value is -1.81. The fourth-order valence-electron chi connectivity index (χ4n) is 2.28. The molecule has 25 heavy (non-hydrogen) atoms. The number of carboxylic acid groups (broad SMARTS) is 1. The molecule has 0 spiro atoms. The highest BCUT2D eigenvalue weighted by atomic mass is 32.2. The van der Waals surface area contributed by atoms with Crippen molar-refractivity contribution in [2.24, 2.45) is 0 Å². The van der Waals surface area contributed by atoms with Crippen molar-refractivity contribution in [3.05, 3.63) is 59.0 Å². The van der Waals surface area contributed by atoms with Gasteiger partial charge in [-0.1, -0.05) is 34.9 Å². The van der Waals surface area contributed by atoms with Gasteiger partial charge in [-0.2, -0.15) is 0 Å². The third-order valence-corrected chi connectivity index (χ3v) is 4.74. The standard InChI is InChI=1S/C21H29NO2S/c1-16(2)8-5-9-17(3)10-6-11-18(4)13-15-25-19-12-7-14-22-20(19)21(23)24/h7-8,10,12-14H,5-6,9,11,15H2,1-4H3,(H,23,24)/b17-10+,18-13+. The van der Waals surface area contributed by atoms with Crippen LogP contribution in [-0.2, 0) is 0 Å². The molecule has 1 aromatic rings. The van der Waals surface area contributed by atoms with E-state index in [9.17, 15) is 4.79 Å². The van der Waals surface area contributed by atoms with Crippen molar-refractivity contribution in [3.63, 3.8) is 0 Å². The maximum atomic E-state index is 11.1. The van der Waals surface area contributed by atoms with E-state index in [1.807, 2.05) is 6.07 Å². The molecule has 0 fully saturated rings. The van der Waals surface area contributed by atoms with Crippen molar-refractivity contribution in [1.82, 2.24) is 4.98 Å². The van der Waals surface area contributed by atoms with Gasteiger partial charge in [-0.15, -0.1) is 11.8 Å². The lowest BCUT2D eigenvalue weighted by Crippen LogP contribution is -2.01. The maximum absolute atomic E-state index is 11.1. The molecule has 0 saturated carbocycles. The average Bonchev–Trinajstić information content (AvgIpc) is 2.54. The normalized spacial score (nSPS) is 12.2. The third-order valence-electron chi connectivity index (χ3n) is 3.77. The number of thioether (sulfide) groups is 1. The van der Waals surface area contributed by atoms with Crippen LogP contribution in [-0.4, -0.2) is 21.8 Å². The van der Waals surface area contributed by atoms with E-state index in [4.69, 9.17) is 5.11 Å². The first-order valence-electron chi connectivity index (χ1n) is 8.66. The van der Waals surface area contributed by atoms with E-state index in [0.717, 1.165) is 31.4 Å². The van der Waals surface area contributed by atoms with Gasteiger partial charge in [-0.05, 0) is 65.5 Å². The van der Waals surface area contributed by atoms with E-state index < -0.39 is 5.97 Å². The third kappa shape index (κ3) is 9.30. The Bertz CT molecular complexity index is 656. The summed E-state index contributed by atoms with van der Waals surface area (Å²) in [5.41, 5.74) is 4.29. The van der Waals surface area contributed by atoms with E-state index >= 15 is 0 Å². The molecular formula is C21H29NO2S. The summed E-state index contributed by atoms with van der Waals surface area (Å²) in [5, 5.41) is 9.13. The molecule has 0 atom stereocenters. The monoisotopic (exact) mass is 359 g/mol. The molecular weight excluding hydrogens is 330 g/mol. The minimum Gasteiger partial charge on any atom is -0.476 e. The fourth-order valence-corrected chi connectivity index (χ4v) is 3.28. The van der Waals surface area contributed by atoms with Gasteiger partial charge in [0, 0.05) is 16.8 Å². The summed E-state index contributed by atoms with van der Waals surface area (Å²) in [4.78, 5) is 15.8. The van der Waals surface area contributed by atoms with Crippen LogP contribution in [0.3, 0.4) is 0 Å². The number of hydrogen-bond donors (Lipinski definition) is 1. The molecule has 1 N–H and O–H groups in total. The van der Waals surface area contributed by atoms with Crippen LogP contribution >= 0.6 is 11.8 Å². The van der Waals surface area contributed by atoms with Gasteiger partial charge >= 0.3 is 5.97 Å². The van der Waals surface area contributed by atoms with Gasteiger partial charge in [0.2, 0.25) is 0 Å². The largest absolute Gasteiger partial charge is 0.476 e. The molecule has 0 unspecified atom stereocenters. The smallest absolute Gasteiger partial charge is 0.355 e. The van der Waals surface area contributed by atoms with Crippen LogP contribution in [0.5, 0.6) is 0 Å². The summed E-state index contributed by atoms with van der Waals surface area (Å²) >= 11 is 1.52. The molecule has 0 aliphatic heterocycles. The van der Waals surface area contributed by atoms with Gasteiger partial charge in [-0.3, -0.25) is 0 Å². The summed E-state index contributed by atoms with van der Waals surface area (Å²) in [7, 11) is 0. The quantitative estimate of drug-likeness (QED) is 0.394. The van der Waals surface area contributed by atoms with E-state index in [0.29, 0.717) is 4.90 Å². The predicted octanol–water partition coefficient (Wildman–Crippen LogP) is 6.29. The zero-order valence-electron chi connectivity index (χ0n) is 15.7. The van der Waals surface area contributed by atoms with Crippen LogP contribution in [0.15, 0.2) is 58.2 Å². The molecule has 0 aliphatic rings. The molecule has 0 bridgehead atoms. The predicted molar refractivity (Wildman–Crippen MR) is 107 cm³/mol. The highest BCUT2D eigenvalue weighted by Crippen LogP contribution is 2.22. The zero-order chi connectivity index (χ0) is 18.7. The molecule has 0 radical (unpaired) electrons. The van der Waals surface area contributed by atoms with Crippen molar-refractivity contribution in [1.29, 1.82) is 0 Å². The van der Waals surface area contributed by atoms with Gasteiger partial charge in [0.25, 0.3) is 0 Å². The number of carboxylic acids is 1. The minimum atomic E-state index is -0.975. The number of carbonyl (C=O) groups is 1. The Morgan fingerprint density at radius 3 is 2.36 bits per heavy atom. The van der Waals surface area contributed by atoms with Crippen LogP contribution in [0.1, 0.15) is 63.9 Å². The summed E-state index contributed by atoms with van der Waals surface area (Å²) < 4.78 is 0. The number of rotatable bonds is 10. The molecule has 3 nitrogen and oxygen atoms in total. The van der Waals surface area contributed by atoms with E-state index in [2.05, 4.69) is 50.9 Å². The molecule has 0 aromatic carbocycles. The van der Waals surface area contributed by atoms with Crippen molar-refractivity contribution < 1.29 is 9.90 Å². The van der Waals surface area contributed by atoms with Gasteiger partial charge in [0.1, 0.15) is 0 Å². The minimum absolute atomic E-state index is 0.133. The Balaban J connectivity index is 2.39. The summed E-state index contributed by atoms with van der Waals surface area (Å²) in [6.07, 6.45) is 12.6. The highest BCUT2D eigenvalue weighted by molar-refractivity contribution is 7.99. The van der Waals surface area contributed by atoms with Crippen LogP contribution < -0.4 is 0 Å². The second kappa shape index (κ2) is 11.7. The average molecular weight is 360 g/mol. The molecule has 0 amide bonds. The fraction of sp³-hybridized carbons (Fsp3) is 0.429. The van der Waals surface area contributed by atoms with Gasteiger partial charge in [0.15, 0.2) is 5.69 Å². The number of nitrogens with zero attached hydrogens (tertiary/aromatic N) is 1. The highest BCUT2D eigenvalue weighted by Gasteiger charge is 2.10. The molecule has 4 heteroatoms. The lowest BCUT2D eigenvalue weighted by molar-refractivity contribution is 0.0686. The lowest BCUT2D eigenvalue weighted by Gasteiger charge is -2.04. The number of allylic oxidation sites excluding steroid dienone is 5. The Labute approximate surface area is 156 Å². The van der Waals surface area contributed by atoms with E-state index in [1.54, 1.807) is 6.07 Å². The zero-order valence-corrected chi connectivity index (χ0v) is 16.5. The Morgan fingerprint density at radius 1 is 1.08 bits per heavy atom. The first-order valence-corrected chi connectivity index (χ1v) is 9.64. The first-order chi connectivity index (χ1) is 11.9. The van der Waals surface area contributed by atoms with Crippen molar-refractivity contribution in [2.75, 3.05) is 5.75 Å². The van der Waals surface area contributed by atoms with E-state index in [-0.39, 0.29) is 5.69 Å². The number of aromatic nitrogens is 1. The second-order valence-corrected chi connectivity index (χ2v) is 7.49. The maximum Gasteiger partial charge on any atom is 0.355 e. The van der Waals surface area contributed by atoms with Crippen molar-refractivity contribution in [3.8, 4) is 0 Å². The molecule has 0 saturated heterocycles. The Morgan fingerprint density at radius 2 is 1.72 bits per heavy atom. The van der Waals surface area contributed by atoms with Crippen LogP contribution in [0.25, 0.3) is 0 Å². The van der Waals surface area contributed by atoms with Gasteiger partial charge in [0.05, 0.1) is 0 Å². The summed E-state index contributed by atoms with van der Waals surface area (Å²) in [6.45, 7) is 8.60. The van der Waals surface area contributed by atoms with Crippen LogP contribution in [0.4, 0.5) is 0 Å². The lowest BCUT2D eigenvalue weighted by atomic mass is 10.1. The molecule has 0 aliphatic carbocycles. The molecule has 1 heterocycles. The number of hydrogen-bond acceptors (Lipinski definition) is 3. The second-order valence-electron chi connectivity index (χ2n) is 6.43. The number of pyridine rings is 1. The topological polar surface area (TPSA) is 50.2 Å². The molecule has 1 aromatic heterocycles. The van der Waals surface area contributed by atoms with Crippen LogP contribution in [0, 0.1) is 0 Å². The first kappa shape index (κ1) is 21.2. The molecule has 1 rings (SSSR count). The van der Waals surface area contributed by atoms with Crippen LogP contribution in [0.2, 0.25) is 0 Å². The summed E-state index contributed by atoms with van der Waals surface area (Å²) in [5.74, 6) is -0.210. The summed E-state index contributed by atoms with van der Waals surface area (Å²) in [6, 6.07) is 3.58. The van der Waals surface area contributed by atoms with Gasteiger partial charge < -0.3 is 5.11 Å². The van der Waals surface area contributed by atoms with Gasteiger partial charge in [-0.25, -0.2) is 9.78 Å².